The third kappa shape index (κ3) is 4.46. The molecule has 2 amide bonds. The van der Waals surface area contributed by atoms with E-state index in [9.17, 15) is 9.59 Å². The van der Waals surface area contributed by atoms with Crippen molar-refractivity contribution in [2.24, 2.45) is 5.92 Å². The second-order valence-corrected chi connectivity index (χ2v) is 7.09. The van der Waals surface area contributed by atoms with Gasteiger partial charge in [-0.3, -0.25) is 9.59 Å². The highest BCUT2D eigenvalue weighted by molar-refractivity contribution is 5.95. The van der Waals surface area contributed by atoms with Gasteiger partial charge in [-0.2, -0.15) is 0 Å². The van der Waals surface area contributed by atoms with E-state index in [4.69, 9.17) is 0 Å². The van der Waals surface area contributed by atoms with E-state index in [0.717, 1.165) is 35.2 Å². The lowest BCUT2D eigenvalue weighted by atomic mass is 10.0. The van der Waals surface area contributed by atoms with Gasteiger partial charge in [0.1, 0.15) is 0 Å². The molecule has 0 unspecified atom stereocenters. The lowest BCUT2D eigenvalue weighted by molar-refractivity contribution is -0.117. The Labute approximate surface area is 164 Å². The minimum Gasteiger partial charge on any atom is -0.348 e. The molecule has 1 fully saturated rings. The monoisotopic (exact) mass is 370 g/mol. The Balaban J connectivity index is 1.35. The lowest BCUT2D eigenvalue weighted by Gasteiger charge is -2.09. The summed E-state index contributed by atoms with van der Waals surface area (Å²) in [6.45, 7) is 0.409. The topological polar surface area (TPSA) is 58.2 Å². The van der Waals surface area contributed by atoms with Crippen LogP contribution in [0.2, 0.25) is 0 Å². The SMILES string of the molecule is O=C(NCc1cccc(NC(=O)C2CC2)c1)c1ccc(-c2ccccc2)cc1. The molecule has 0 spiro atoms. The molecule has 0 atom stereocenters. The molecule has 1 saturated carbocycles. The second-order valence-electron chi connectivity index (χ2n) is 7.09. The third-order valence-corrected chi connectivity index (χ3v) is 4.85. The van der Waals surface area contributed by atoms with Gasteiger partial charge < -0.3 is 10.6 Å². The molecule has 0 radical (unpaired) electrons. The number of amides is 2. The third-order valence-electron chi connectivity index (χ3n) is 4.85. The highest BCUT2D eigenvalue weighted by atomic mass is 16.2. The fourth-order valence-corrected chi connectivity index (χ4v) is 3.08. The summed E-state index contributed by atoms with van der Waals surface area (Å²) in [5.41, 5.74) is 4.55. The molecule has 0 saturated heterocycles. The zero-order chi connectivity index (χ0) is 19.3. The second kappa shape index (κ2) is 8.09. The molecule has 3 aromatic rings. The van der Waals surface area contributed by atoms with Crippen molar-refractivity contribution < 1.29 is 9.59 Å². The smallest absolute Gasteiger partial charge is 0.251 e. The molecule has 3 aromatic carbocycles. The van der Waals surface area contributed by atoms with Crippen LogP contribution in [0.4, 0.5) is 5.69 Å². The van der Waals surface area contributed by atoms with Gasteiger partial charge in [-0.1, -0.05) is 54.6 Å². The predicted octanol–water partition coefficient (Wildman–Crippen LogP) is 4.63. The Morgan fingerprint density at radius 1 is 0.821 bits per heavy atom. The molecule has 4 heteroatoms. The molecule has 4 rings (SSSR count). The van der Waals surface area contributed by atoms with Crippen LogP contribution in [0.5, 0.6) is 0 Å². The minimum atomic E-state index is -0.118. The highest BCUT2D eigenvalue weighted by Gasteiger charge is 2.29. The van der Waals surface area contributed by atoms with Crippen molar-refractivity contribution in [1.82, 2.24) is 5.32 Å². The summed E-state index contributed by atoms with van der Waals surface area (Å²) in [4.78, 5) is 24.3. The van der Waals surface area contributed by atoms with Crippen LogP contribution in [-0.2, 0) is 11.3 Å². The van der Waals surface area contributed by atoms with E-state index in [2.05, 4.69) is 10.6 Å². The maximum Gasteiger partial charge on any atom is 0.251 e. The van der Waals surface area contributed by atoms with E-state index in [1.165, 1.54) is 0 Å². The van der Waals surface area contributed by atoms with Crippen molar-refractivity contribution in [3.63, 3.8) is 0 Å². The molecule has 0 bridgehead atoms. The van der Waals surface area contributed by atoms with Crippen molar-refractivity contribution in [1.29, 1.82) is 0 Å². The molecule has 1 aliphatic carbocycles. The summed E-state index contributed by atoms with van der Waals surface area (Å²) < 4.78 is 0. The molecular weight excluding hydrogens is 348 g/mol. The number of carbonyl (C=O) groups excluding carboxylic acids is 2. The maximum atomic E-state index is 12.4. The Morgan fingerprint density at radius 3 is 2.25 bits per heavy atom. The lowest BCUT2D eigenvalue weighted by Crippen LogP contribution is -2.22. The fourth-order valence-electron chi connectivity index (χ4n) is 3.08. The van der Waals surface area contributed by atoms with Crippen LogP contribution in [0.1, 0.15) is 28.8 Å². The Morgan fingerprint density at radius 2 is 1.54 bits per heavy atom. The van der Waals surface area contributed by atoms with Gasteiger partial charge in [0.25, 0.3) is 5.91 Å². The number of carbonyl (C=O) groups is 2. The van der Waals surface area contributed by atoms with Crippen LogP contribution in [0.3, 0.4) is 0 Å². The summed E-state index contributed by atoms with van der Waals surface area (Å²) in [6.07, 6.45) is 1.95. The van der Waals surface area contributed by atoms with Gasteiger partial charge in [0, 0.05) is 23.7 Å². The molecule has 1 aliphatic rings. The molecule has 0 aromatic heterocycles. The van der Waals surface area contributed by atoms with Crippen LogP contribution in [0.15, 0.2) is 78.9 Å². The number of nitrogens with one attached hydrogen (secondary N) is 2. The normalized spacial score (nSPS) is 13.0. The van der Waals surface area contributed by atoms with Crippen LogP contribution in [0.25, 0.3) is 11.1 Å². The number of benzene rings is 3. The van der Waals surface area contributed by atoms with E-state index in [-0.39, 0.29) is 17.7 Å². The van der Waals surface area contributed by atoms with Gasteiger partial charge >= 0.3 is 0 Å². The number of hydrogen-bond acceptors (Lipinski definition) is 2. The van der Waals surface area contributed by atoms with E-state index < -0.39 is 0 Å². The molecule has 0 aliphatic heterocycles. The first kappa shape index (κ1) is 18.0. The first-order valence-corrected chi connectivity index (χ1v) is 9.52. The zero-order valence-corrected chi connectivity index (χ0v) is 15.5. The summed E-state index contributed by atoms with van der Waals surface area (Å²) in [5.74, 6) is 0.133. The number of hydrogen-bond donors (Lipinski definition) is 2. The van der Waals surface area contributed by atoms with E-state index in [1.807, 2.05) is 78.9 Å². The Hall–Kier alpha value is -3.40. The average molecular weight is 370 g/mol. The van der Waals surface area contributed by atoms with Crippen molar-refractivity contribution in [3.05, 3.63) is 90.0 Å². The molecule has 2 N–H and O–H groups in total. The minimum absolute atomic E-state index is 0.0830. The van der Waals surface area contributed by atoms with E-state index in [0.29, 0.717) is 12.1 Å². The maximum absolute atomic E-state index is 12.4. The fraction of sp³-hybridized carbons (Fsp3) is 0.167. The Bertz CT molecular complexity index is 977. The summed E-state index contributed by atoms with van der Waals surface area (Å²) in [7, 11) is 0. The molecule has 0 heterocycles. The van der Waals surface area contributed by atoms with Crippen LogP contribution >= 0.6 is 0 Å². The van der Waals surface area contributed by atoms with Gasteiger partial charge in [-0.25, -0.2) is 0 Å². The highest BCUT2D eigenvalue weighted by Crippen LogP contribution is 2.30. The average Bonchev–Trinajstić information content (AvgIpc) is 3.59. The van der Waals surface area contributed by atoms with Gasteiger partial charge in [-0.05, 0) is 53.8 Å². The standard InChI is InChI=1S/C24H22N2O2/c27-23(20-11-9-19(10-12-20)18-6-2-1-3-7-18)25-16-17-5-4-8-22(15-17)26-24(28)21-13-14-21/h1-12,15,21H,13-14,16H2,(H,25,27)(H,26,28). The Kier molecular flexibility index (Phi) is 5.20. The summed E-state index contributed by atoms with van der Waals surface area (Å²) >= 11 is 0. The summed E-state index contributed by atoms with van der Waals surface area (Å²) in [6, 6.07) is 25.3. The van der Waals surface area contributed by atoms with E-state index in [1.54, 1.807) is 0 Å². The van der Waals surface area contributed by atoms with Crippen LogP contribution in [-0.4, -0.2) is 11.8 Å². The van der Waals surface area contributed by atoms with Crippen molar-refractivity contribution in [2.75, 3.05) is 5.32 Å². The van der Waals surface area contributed by atoms with Gasteiger partial charge in [-0.15, -0.1) is 0 Å². The van der Waals surface area contributed by atoms with Crippen molar-refractivity contribution >= 4 is 17.5 Å². The van der Waals surface area contributed by atoms with Crippen molar-refractivity contribution in [3.8, 4) is 11.1 Å². The first-order chi connectivity index (χ1) is 13.7. The van der Waals surface area contributed by atoms with Crippen LogP contribution in [0, 0.1) is 5.92 Å². The number of rotatable bonds is 6. The van der Waals surface area contributed by atoms with Gasteiger partial charge in [0.15, 0.2) is 0 Å². The number of anilines is 1. The van der Waals surface area contributed by atoms with E-state index >= 15 is 0 Å². The molecule has 140 valence electrons. The quantitative estimate of drug-likeness (QED) is 0.664. The first-order valence-electron chi connectivity index (χ1n) is 9.52. The largest absolute Gasteiger partial charge is 0.348 e. The van der Waals surface area contributed by atoms with Crippen LogP contribution < -0.4 is 10.6 Å². The zero-order valence-electron chi connectivity index (χ0n) is 15.5. The van der Waals surface area contributed by atoms with Gasteiger partial charge in [0.05, 0.1) is 0 Å². The molecule has 4 nitrogen and oxygen atoms in total. The molecule has 28 heavy (non-hydrogen) atoms. The molecular formula is C24H22N2O2. The predicted molar refractivity (Wildman–Crippen MR) is 111 cm³/mol. The van der Waals surface area contributed by atoms with Gasteiger partial charge in [0.2, 0.25) is 5.91 Å². The summed E-state index contributed by atoms with van der Waals surface area (Å²) in [5, 5.41) is 5.87. The van der Waals surface area contributed by atoms with Crippen molar-refractivity contribution in [2.45, 2.75) is 19.4 Å².